The topological polar surface area (TPSA) is 84.2 Å². The Kier molecular flexibility index (Phi) is 7.82. The van der Waals surface area contributed by atoms with Crippen molar-refractivity contribution in [3.8, 4) is 0 Å². The Hall–Kier alpha value is -1.56. The van der Waals surface area contributed by atoms with E-state index in [0.717, 1.165) is 37.0 Å². The molecule has 0 saturated heterocycles. The average Bonchev–Trinajstić information content (AvgIpc) is 2.85. The summed E-state index contributed by atoms with van der Waals surface area (Å²) in [6.45, 7) is 5.43. The van der Waals surface area contributed by atoms with E-state index in [0.29, 0.717) is 13.1 Å². The van der Waals surface area contributed by atoms with Crippen LogP contribution in [-0.2, 0) is 12.8 Å². The number of primary amides is 1. The maximum Gasteiger partial charge on any atom is 0.312 e. The predicted molar refractivity (Wildman–Crippen MR) is 86.8 cm³/mol. The number of urea groups is 1. The highest BCUT2D eigenvalue weighted by Gasteiger charge is 2.12. The van der Waals surface area contributed by atoms with Gasteiger partial charge in [0.2, 0.25) is 0 Å². The van der Waals surface area contributed by atoms with Gasteiger partial charge in [-0.2, -0.15) is 0 Å². The summed E-state index contributed by atoms with van der Waals surface area (Å²) >= 11 is 1.60. The molecule has 1 aromatic heterocycles. The van der Waals surface area contributed by atoms with Crippen molar-refractivity contribution in [2.45, 2.75) is 46.0 Å². The molecule has 1 rings (SSSR count). The monoisotopic (exact) mass is 311 g/mol. The number of hydrogen-bond donors (Lipinski definition) is 3. The van der Waals surface area contributed by atoms with Crippen molar-refractivity contribution in [3.63, 3.8) is 0 Å². The van der Waals surface area contributed by atoms with E-state index in [1.165, 1.54) is 10.4 Å². The van der Waals surface area contributed by atoms with Gasteiger partial charge in [-0.1, -0.05) is 20.3 Å². The van der Waals surface area contributed by atoms with Crippen molar-refractivity contribution in [1.29, 1.82) is 0 Å². The Morgan fingerprint density at radius 3 is 2.43 bits per heavy atom. The van der Waals surface area contributed by atoms with Crippen molar-refractivity contribution in [3.05, 3.63) is 21.4 Å². The minimum absolute atomic E-state index is 0.0000801. The van der Waals surface area contributed by atoms with Crippen LogP contribution in [0, 0.1) is 0 Å². The van der Waals surface area contributed by atoms with E-state index in [1.54, 1.807) is 11.3 Å². The van der Waals surface area contributed by atoms with Crippen LogP contribution in [0.15, 0.2) is 6.07 Å². The van der Waals surface area contributed by atoms with Crippen LogP contribution in [0.4, 0.5) is 4.79 Å². The predicted octanol–water partition coefficient (Wildman–Crippen LogP) is 2.44. The standard InChI is InChI=1S/C15H25N3O2S/c1-3-7-12-11(4-2)10-13(21-12)14(19)17-8-5-6-9-18-15(16)20/h10H,3-9H2,1-2H3,(H,17,19)(H3,16,18,20). The highest BCUT2D eigenvalue weighted by atomic mass is 32.1. The quantitative estimate of drug-likeness (QED) is 0.612. The smallest absolute Gasteiger partial charge is 0.312 e. The molecule has 0 aliphatic rings. The molecule has 3 amide bonds. The van der Waals surface area contributed by atoms with E-state index in [4.69, 9.17) is 5.73 Å². The van der Waals surface area contributed by atoms with Crippen molar-refractivity contribution >= 4 is 23.3 Å². The third-order valence-corrected chi connectivity index (χ3v) is 4.40. The zero-order valence-electron chi connectivity index (χ0n) is 12.8. The Bertz CT molecular complexity index is 471. The van der Waals surface area contributed by atoms with Crippen LogP contribution in [0.2, 0.25) is 0 Å². The lowest BCUT2D eigenvalue weighted by Gasteiger charge is -2.04. The van der Waals surface area contributed by atoms with E-state index in [2.05, 4.69) is 24.5 Å². The first kappa shape index (κ1) is 17.5. The second kappa shape index (κ2) is 9.39. The summed E-state index contributed by atoms with van der Waals surface area (Å²) in [7, 11) is 0. The Morgan fingerprint density at radius 2 is 1.86 bits per heavy atom. The molecule has 0 aliphatic heterocycles. The number of carbonyl (C=O) groups excluding carboxylic acids is 2. The van der Waals surface area contributed by atoms with Gasteiger partial charge in [-0.25, -0.2) is 4.79 Å². The maximum absolute atomic E-state index is 12.1. The maximum atomic E-state index is 12.1. The molecule has 0 aliphatic carbocycles. The molecule has 21 heavy (non-hydrogen) atoms. The van der Waals surface area contributed by atoms with Gasteiger partial charge in [-0.05, 0) is 37.3 Å². The molecule has 0 unspecified atom stereocenters. The van der Waals surface area contributed by atoms with Gasteiger partial charge in [-0.15, -0.1) is 11.3 Å². The molecule has 0 aromatic carbocycles. The van der Waals surface area contributed by atoms with Crippen LogP contribution in [-0.4, -0.2) is 25.0 Å². The summed E-state index contributed by atoms with van der Waals surface area (Å²) in [4.78, 5) is 24.7. The number of rotatable bonds is 9. The summed E-state index contributed by atoms with van der Waals surface area (Å²) in [6.07, 6.45) is 4.73. The number of aryl methyl sites for hydroxylation is 2. The zero-order chi connectivity index (χ0) is 15.7. The first-order valence-electron chi connectivity index (χ1n) is 7.51. The lowest BCUT2D eigenvalue weighted by atomic mass is 10.1. The van der Waals surface area contributed by atoms with Crippen molar-refractivity contribution in [2.75, 3.05) is 13.1 Å². The summed E-state index contributed by atoms with van der Waals surface area (Å²) in [5.41, 5.74) is 6.26. The second-order valence-electron chi connectivity index (χ2n) is 4.92. The number of thiophene rings is 1. The second-order valence-corrected chi connectivity index (χ2v) is 6.05. The number of nitrogens with one attached hydrogen (secondary N) is 2. The van der Waals surface area contributed by atoms with Crippen molar-refractivity contribution in [1.82, 2.24) is 10.6 Å². The molecule has 0 fully saturated rings. The number of nitrogens with two attached hydrogens (primary N) is 1. The summed E-state index contributed by atoms with van der Waals surface area (Å²) < 4.78 is 0. The molecule has 118 valence electrons. The van der Waals surface area contributed by atoms with Crippen LogP contribution in [0.25, 0.3) is 0 Å². The van der Waals surface area contributed by atoms with Crippen molar-refractivity contribution in [2.24, 2.45) is 5.73 Å². The Balaban J connectivity index is 2.36. The zero-order valence-corrected chi connectivity index (χ0v) is 13.6. The molecule has 0 spiro atoms. The highest BCUT2D eigenvalue weighted by Crippen LogP contribution is 2.24. The fourth-order valence-corrected chi connectivity index (χ4v) is 3.34. The van der Waals surface area contributed by atoms with E-state index < -0.39 is 6.03 Å². The number of unbranched alkanes of at least 4 members (excludes halogenated alkanes) is 1. The van der Waals surface area contributed by atoms with E-state index in [1.807, 2.05) is 6.07 Å². The van der Waals surface area contributed by atoms with Crippen LogP contribution in [0.3, 0.4) is 0 Å². The van der Waals surface area contributed by atoms with Gasteiger partial charge >= 0.3 is 6.03 Å². The van der Waals surface area contributed by atoms with Gasteiger partial charge in [0.25, 0.3) is 5.91 Å². The molecule has 0 saturated carbocycles. The number of amides is 3. The molecular formula is C15H25N3O2S. The van der Waals surface area contributed by atoms with Gasteiger partial charge in [-0.3, -0.25) is 4.79 Å². The third-order valence-electron chi connectivity index (χ3n) is 3.17. The van der Waals surface area contributed by atoms with Crippen LogP contribution in [0.1, 0.15) is 53.2 Å². The van der Waals surface area contributed by atoms with E-state index in [9.17, 15) is 9.59 Å². The van der Waals surface area contributed by atoms with Gasteiger partial charge in [0.1, 0.15) is 0 Å². The average molecular weight is 311 g/mol. The Labute approximate surface area is 130 Å². The van der Waals surface area contributed by atoms with Crippen LogP contribution >= 0.6 is 11.3 Å². The lowest BCUT2D eigenvalue weighted by molar-refractivity contribution is 0.0957. The minimum Gasteiger partial charge on any atom is -0.352 e. The molecule has 5 nitrogen and oxygen atoms in total. The van der Waals surface area contributed by atoms with Gasteiger partial charge in [0, 0.05) is 18.0 Å². The molecular weight excluding hydrogens is 286 g/mol. The molecule has 0 radical (unpaired) electrons. The fraction of sp³-hybridized carbons (Fsp3) is 0.600. The Morgan fingerprint density at radius 1 is 1.19 bits per heavy atom. The van der Waals surface area contributed by atoms with Crippen LogP contribution < -0.4 is 16.4 Å². The third kappa shape index (κ3) is 6.16. The number of carbonyl (C=O) groups is 2. The minimum atomic E-state index is -0.506. The molecule has 0 atom stereocenters. The molecule has 4 N–H and O–H groups in total. The van der Waals surface area contributed by atoms with Gasteiger partial charge in [0.15, 0.2) is 0 Å². The van der Waals surface area contributed by atoms with Gasteiger partial charge < -0.3 is 16.4 Å². The summed E-state index contributed by atoms with van der Waals surface area (Å²) in [5.74, 6) is -0.0000801. The summed E-state index contributed by atoms with van der Waals surface area (Å²) in [6, 6.07) is 1.51. The van der Waals surface area contributed by atoms with Crippen molar-refractivity contribution < 1.29 is 9.59 Å². The van der Waals surface area contributed by atoms with E-state index in [-0.39, 0.29) is 5.91 Å². The summed E-state index contributed by atoms with van der Waals surface area (Å²) in [5, 5.41) is 5.45. The largest absolute Gasteiger partial charge is 0.352 e. The molecule has 6 heteroatoms. The lowest BCUT2D eigenvalue weighted by Crippen LogP contribution is -2.30. The fourth-order valence-electron chi connectivity index (χ4n) is 2.07. The van der Waals surface area contributed by atoms with Gasteiger partial charge in [0.05, 0.1) is 4.88 Å². The molecule has 1 heterocycles. The van der Waals surface area contributed by atoms with Crippen LogP contribution in [0.5, 0.6) is 0 Å². The molecule has 0 bridgehead atoms. The first-order chi connectivity index (χ1) is 10.1. The number of hydrogen-bond acceptors (Lipinski definition) is 3. The normalized spacial score (nSPS) is 10.4. The molecule has 1 aromatic rings. The first-order valence-corrected chi connectivity index (χ1v) is 8.33. The highest BCUT2D eigenvalue weighted by molar-refractivity contribution is 7.14. The SMILES string of the molecule is CCCc1sc(C(=O)NCCCCNC(N)=O)cc1CC. The van der Waals surface area contributed by atoms with E-state index >= 15 is 0 Å².